The van der Waals surface area contributed by atoms with Gasteiger partial charge in [-0.3, -0.25) is 4.79 Å². The molecule has 1 N–H and O–H groups in total. The molecule has 0 saturated carbocycles. The molecule has 0 aromatic heterocycles. The second kappa shape index (κ2) is 11.3. The van der Waals surface area contributed by atoms with E-state index in [1.807, 2.05) is 0 Å². The Bertz CT molecular complexity index is 567. The fraction of sp³-hybridized carbons (Fsp3) is 0.632. The summed E-state index contributed by atoms with van der Waals surface area (Å²) in [7, 11) is 0. The molecule has 2 unspecified atom stereocenters. The quantitative estimate of drug-likeness (QED) is 0.501. The number of aliphatic hydroxyl groups is 1. The molecule has 3 nitrogen and oxygen atoms in total. The smallest absolute Gasteiger partial charge is 0.402 e. The van der Waals surface area contributed by atoms with Gasteiger partial charge in [0.1, 0.15) is 6.61 Å². The van der Waals surface area contributed by atoms with Crippen LogP contribution in [0, 0.1) is 23.7 Å². The highest BCUT2D eigenvalue weighted by Crippen LogP contribution is 2.33. The van der Waals surface area contributed by atoms with Gasteiger partial charge < -0.3 is 9.84 Å². The third kappa shape index (κ3) is 9.43. The van der Waals surface area contributed by atoms with Crippen LogP contribution in [0.5, 0.6) is 0 Å². The Labute approximate surface area is 160 Å². The van der Waals surface area contributed by atoms with E-state index in [2.05, 4.69) is 0 Å². The van der Waals surface area contributed by atoms with Crippen molar-refractivity contribution in [3.8, 4) is 0 Å². The van der Waals surface area contributed by atoms with Gasteiger partial charge in [-0.2, -0.15) is 26.3 Å². The average Bonchev–Trinajstić information content (AvgIpc) is 2.51. The monoisotopic (exact) mass is 416 g/mol. The van der Waals surface area contributed by atoms with Crippen LogP contribution >= 0.6 is 0 Å². The zero-order chi connectivity index (χ0) is 22.1. The van der Waals surface area contributed by atoms with Crippen LogP contribution in [-0.4, -0.2) is 30.0 Å². The van der Waals surface area contributed by atoms with Gasteiger partial charge in [0, 0.05) is 0 Å². The standard InChI is InChI=1S/C13H15F3O2.C6H11F3O/c1-9(2)11(13(14,15)16)12(17)18-8-10-6-4-3-5-7-10;1-4(2)5(3-10)6(7,8)9/h3-7,9,11H,8H2,1-2H3;4-5,10H,3H2,1-2H3. The van der Waals surface area contributed by atoms with E-state index in [-0.39, 0.29) is 6.61 Å². The first-order valence-corrected chi connectivity index (χ1v) is 8.66. The van der Waals surface area contributed by atoms with Crippen LogP contribution in [0.15, 0.2) is 30.3 Å². The minimum absolute atomic E-state index is 0.140. The Morgan fingerprint density at radius 3 is 1.71 bits per heavy atom. The lowest BCUT2D eigenvalue weighted by molar-refractivity contribution is -0.206. The second-order valence-electron chi connectivity index (χ2n) is 6.93. The molecule has 0 aliphatic carbocycles. The summed E-state index contributed by atoms with van der Waals surface area (Å²) < 4.78 is 78.1. The van der Waals surface area contributed by atoms with Crippen molar-refractivity contribution in [1.82, 2.24) is 0 Å². The largest absolute Gasteiger partial charge is 0.460 e. The first-order chi connectivity index (χ1) is 12.7. The van der Waals surface area contributed by atoms with Gasteiger partial charge in [-0.05, 0) is 17.4 Å². The van der Waals surface area contributed by atoms with E-state index < -0.39 is 48.6 Å². The van der Waals surface area contributed by atoms with Crippen LogP contribution in [0.1, 0.15) is 33.3 Å². The highest BCUT2D eigenvalue weighted by atomic mass is 19.4. The SMILES string of the molecule is CC(C)C(C(=O)OCc1ccccc1)C(F)(F)F.CC(C)C(CO)C(F)(F)F. The number of rotatable bonds is 6. The molecule has 162 valence electrons. The van der Waals surface area contributed by atoms with Crippen molar-refractivity contribution in [2.24, 2.45) is 23.7 Å². The molecule has 0 amide bonds. The number of hydrogen-bond acceptors (Lipinski definition) is 3. The number of carbonyl (C=O) groups excluding carboxylic acids is 1. The topological polar surface area (TPSA) is 46.5 Å². The van der Waals surface area contributed by atoms with E-state index in [0.29, 0.717) is 5.56 Å². The molecular weight excluding hydrogens is 390 g/mol. The summed E-state index contributed by atoms with van der Waals surface area (Å²) in [5.74, 6) is -6.26. The van der Waals surface area contributed by atoms with Gasteiger partial charge in [0.05, 0.1) is 12.5 Å². The van der Waals surface area contributed by atoms with E-state index in [1.54, 1.807) is 30.3 Å². The Hall–Kier alpha value is -1.77. The molecule has 0 bridgehead atoms. The summed E-state index contributed by atoms with van der Waals surface area (Å²) >= 11 is 0. The zero-order valence-corrected chi connectivity index (χ0v) is 16.1. The Kier molecular flexibility index (Phi) is 10.6. The van der Waals surface area contributed by atoms with Crippen molar-refractivity contribution in [3.63, 3.8) is 0 Å². The number of halogens is 6. The second-order valence-corrected chi connectivity index (χ2v) is 6.93. The van der Waals surface area contributed by atoms with Crippen LogP contribution in [0.2, 0.25) is 0 Å². The lowest BCUT2D eigenvalue weighted by Gasteiger charge is -2.21. The molecule has 0 heterocycles. The van der Waals surface area contributed by atoms with Crippen LogP contribution in [-0.2, 0) is 16.1 Å². The van der Waals surface area contributed by atoms with Crippen LogP contribution in [0.4, 0.5) is 26.3 Å². The molecule has 1 aromatic carbocycles. The maximum absolute atomic E-state index is 12.6. The van der Waals surface area contributed by atoms with E-state index in [1.165, 1.54) is 27.7 Å². The Morgan fingerprint density at radius 2 is 1.43 bits per heavy atom. The van der Waals surface area contributed by atoms with Gasteiger partial charge in [-0.1, -0.05) is 58.0 Å². The van der Waals surface area contributed by atoms with Gasteiger partial charge in [0.25, 0.3) is 0 Å². The minimum Gasteiger partial charge on any atom is -0.460 e. The third-order valence-corrected chi connectivity index (χ3v) is 3.92. The highest BCUT2D eigenvalue weighted by molar-refractivity contribution is 5.73. The predicted octanol–water partition coefficient (Wildman–Crippen LogP) is 5.38. The summed E-state index contributed by atoms with van der Waals surface area (Å²) in [6, 6.07) is 8.61. The van der Waals surface area contributed by atoms with Crippen LogP contribution in [0.3, 0.4) is 0 Å². The highest BCUT2D eigenvalue weighted by Gasteiger charge is 2.47. The van der Waals surface area contributed by atoms with Crippen molar-refractivity contribution >= 4 is 5.97 Å². The number of aliphatic hydroxyl groups excluding tert-OH is 1. The van der Waals surface area contributed by atoms with Crippen molar-refractivity contribution in [1.29, 1.82) is 0 Å². The Balaban J connectivity index is 0.000000621. The number of carbonyl (C=O) groups is 1. The van der Waals surface area contributed by atoms with Gasteiger partial charge >= 0.3 is 18.3 Å². The molecule has 0 aliphatic rings. The van der Waals surface area contributed by atoms with Gasteiger partial charge in [0.2, 0.25) is 0 Å². The lowest BCUT2D eigenvalue weighted by atomic mass is 9.95. The van der Waals surface area contributed by atoms with E-state index in [9.17, 15) is 31.1 Å². The molecule has 0 aliphatic heterocycles. The van der Waals surface area contributed by atoms with Gasteiger partial charge in [0.15, 0.2) is 5.92 Å². The molecule has 0 spiro atoms. The summed E-state index contributed by atoms with van der Waals surface area (Å²) in [5.41, 5.74) is 0.663. The average molecular weight is 416 g/mol. The first kappa shape index (κ1) is 26.2. The molecule has 0 radical (unpaired) electrons. The van der Waals surface area contributed by atoms with Gasteiger partial charge in [-0.15, -0.1) is 0 Å². The number of ether oxygens (including phenoxy) is 1. The number of hydrogen-bond donors (Lipinski definition) is 1. The summed E-state index contributed by atoms with van der Waals surface area (Å²) in [6.07, 6.45) is -8.83. The van der Waals surface area contributed by atoms with Crippen molar-refractivity contribution in [3.05, 3.63) is 35.9 Å². The maximum Gasteiger partial charge on any atom is 0.402 e. The third-order valence-electron chi connectivity index (χ3n) is 3.92. The molecule has 0 fully saturated rings. The van der Waals surface area contributed by atoms with Crippen LogP contribution < -0.4 is 0 Å². The van der Waals surface area contributed by atoms with Crippen LogP contribution in [0.25, 0.3) is 0 Å². The molecule has 28 heavy (non-hydrogen) atoms. The normalized spacial score (nSPS) is 14.3. The predicted molar refractivity (Wildman–Crippen MR) is 92.1 cm³/mol. The number of esters is 1. The number of alkyl halides is 6. The minimum atomic E-state index is -4.57. The molecule has 2 atom stereocenters. The summed E-state index contributed by atoms with van der Waals surface area (Å²) in [6.45, 7) is 4.62. The summed E-state index contributed by atoms with van der Waals surface area (Å²) in [5, 5.41) is 8.31. The molecule has 9 heteroatoms. The fourth-order valence-electron chi connectivity index (χ4n) is 2.29. The summed E-state index contributed by atoms with van der Waals surface area (Å²) in [4.78, 5) is 11.5. The van der Waals surface area contributed by atoms with E-state index in [0.717, 1.165) is 0 Å². The van der Waals surface area contributed by atoms with Crippen molar-refractivity contribution in [2.75, 3.05) is 6.61 Å². The van der Waals surface area contributed by atoms with Gasteiger partial charge in [-0.25, -0.2) is 0 Å². The van der Waals surface area contributed by atoms with E-state index >= 15 is 0 Å². The van der Waals surface area contributed by atoms with E-state index in [4.69, 9.17) is 9.84 Å². The first-order valence-electron chi connectivity index (χ1n) is 8.66. The fourth-order valence-corrected chi connectivity index (χ4v) is 2.29. The maximum atomic E-state index is 12.6. The molecule has 0 saturated heterocycles. The Morgan fingerprint density at radius 1 is 0.929 bits per heavy atom. The van der Waals surface area contributed by atoms with Crippen molar-refractivity contribution in [2.45, 2.75) is 46.7 Å². The number of benzene rings is 1. The molecule has 1 rings (SSSR count). The van der Waals surface area contributed by atoms with Crippen molar-refractivity contribution < 1.29 is 41.0 Å². The lowest BCUT2D eigenvalue weighted by Crippen LogP contribution is -2.36. The zero-order valence-electron chi connectivity index (χ0n) is 16.1. The molecular formula is C19H26F6O3. The molecule has 1 aromatic rings.